The zero-order valence-electron chi connectivity index (χ0n) is 13.5. The van der Waals surface area contributed by atoms with Gasteiger partial charge in [0.2, 0.25) is 5.84 Å². The van der Waals surface area contributed by atoms with Crippen molar-refractivity contribution >= 4 is 34.5 Å². The fourth-order valence-electron chi connectivity index (χ4n) is 2.60. The molecule has 9 nitrogen and oxygen atoms in total. The Hall–Kier alpha value is -2.46. The lowest BCUT2D eigenvalue weighted by molar-refractivity contribution is 0.0762. The van der Waals surface area contributed by atoms with E-state index in [9.17, 15) is 19.2 Å². The molecule has 2 aliphatic rings. The Balaban J connectivity index is 1.82. The number of aliphatic hydroxyl groups is 1. The second kappa shape index (κ2) is 7.19. The first-order valence-corrected chi connectivity index (χ1v) is 8.85. The van der Waals surface area contributed by atoms with Crippen LogP contribution < -0.4 is 5.32 Å². The second-order valence-electron chi connectivity index (χ2n) is 5.52. The highest BCUT2D eigenvalue weighted by Crippen LogP contribution is 2.30. The van der Waals surface area contributed by atoms with E-state index in [1.807, 2.05) is 0 Å². The van der Waals surface area contributed by atoms with Crippen LogP contribution in [0.25, 0.3) is 0 Å². The maximum Gasteiger partial charge on any atom is 0.271 e. The summed E-state index contributed by atoms with van der Waals surface area (Å²) in [6, 6.07) is 4.66. The van der Waals surface area contributed by atoms with Crippen molar-refractivity contribution in [1.82, 2.24) is 4.90 Å². The number of hydrogen-bond donors (Lipinski definition) is 3. The molecule has 1 fully saturated rings. The van der Waals surface area contributed by atoms with Crippen molar-refractivity contribution in [2.24, 2.45) is 8.80 Å². The van der Waals surface area contributed by atoms with Gasteiger partial charge in [0.25, 0.3) is 23.0 Å². The molecule has 0 aromatic heterocycles. The molecule has 2 aliphatic heterocycles. The number of carbonyl (C=O) groups is 1. The number of carbonyl (C=O) groups excluding carboxylic acids is 1. The first kappa shape index (κ1) is 17.4. The van der Waals surface area contributed by atoms with Crippen LogP contribution in [0.15, 0.2) is 27.0 Å². The Labute approximate surface area is 146 Å². The molecule has 10 heteroatoms. The number of β-amino-alcohol motifs (C(OH)–C–C–N with tert-alkyl or cyclic N) is 1. The largest absolute Gasteiger partial charge is 0.505 e. The number of nitrogens with one attached hydrogen (secondary N) is 1. The molecular weight excluding hydrogens is 348 g/mol. The maximum absolute atomic E-state index is 12.5. The van der Waals surface area contributed by atoms with Gasteiger partial charge in [-0.1, -0.05) is 6.07 Å². The van der Waals surface area contributed by atoms with Crippen molar-refractivity contribution in [3.8, 4) is 5.75 Å². The third-order valence-corrected chi connectivity index (χ3v) is 4.44. The van der Waals surface area contributed by atoms with Crippen molar-refractivity contribution in [2.75, 3.05) is 25.0 Å². The Bertz CT molecular complexity index is 779. The van der Waals surface area contributed by atoms with Crippen molar-refractivity contribution < 1.29 is 24.0 Å². The van der Waals surface area contributed by atoms with E-state index >= 15 is 0 Å². The lowest BCUT2D eigenvalue weighted by Gasteiger charge is -2.18. The van der Waals surface area contributed by atoms with Crippen LogP contribution in [-0.2, 0) is 15.9 Å². The van der Waals surface area contributed by atoms with Crippen LogP contribution in [0.4, 0.5) is 5.69 Å². The number of benzene rings is 1. The van der Waals surface area contributed by atoms with Crippen LogP contribution in [0.1, 0.15) is 23.7 Å². The van der Waals surface area contributed by atoms with Crippen LogP contribution in [0.5, 0.6) is 5.75 Å². The first-order chi connectivity index (χ1) is 12.0. The van der Waals surface area contributed by atoms with Gasteiger partial charge >= 0.3 is 0 Å². The number of aromatic hydroxyl groups is 1. The Morgan fingerprint density at radius 2 is 2.28 bits per heavy atom. The molecule has 1 aromatic carbocycles. The zero-order valence-corrected chi connectivity index (χ0v) is 14.3. The van der Waals surface area contributed by atoms with Gasteiger partial charge in [-0.25, -0.2) is 4.21 Å². The van der Waals surface area contributed by atoms with E-state index in [0.29, 0.717) is 19.6 Å². The van der Waals surface area contributed by atoms with Crippen LogP contribution in [0, 0.1) is 0 Å². The summed E-state index contributed by atoms with van der Waals surface area (Å²) >= 11 is -1.78. The van der Waals surface area contributed by atoms with E-state index in [2.05, 4.69) is 14.1 Å². The third-order valence-electron chi connectivity index (χ3n) is 3.78. The molecule has 3 rings (SSSR count). The van der Waals surface area contributed by atoms with Gasteiger partial charge in [-0.3, -0.25) is 4.79 Å². The third kappa shape index (κ3) is 3.64. The van der Waals surface area contributed by atoms with Gasteiger partial charge in [0.1, 0.15) is 0 Å². The van der Waals surface area contributed by atoms with E-state index in [1.54, 1.807) is 19.1 Å². The molecule has 134 valence electrons. The molecule has 0 radical (unpaired) electrons. The van der Waals surface area contributed by atoms with Crippen LogP contribution in [-0.4, -0.2) is 62.8 Å². The number of likely N-dealkylation sites (tertiary alicyclic amines) is 1. The van der Waals surface area contributed by atoms with Crippen molar-refractivity contribution in [1.29, 1.82) is 0 Å². The van der Waals surface area contributed by atoms with Crippen molar-refractivity contribution in [3.05, 3.63) is 23.8 Å². The van der Waals surface area contributed by atoms with Gasteiger partial charge in [0.15, 0.2) is 5.75 Å². The van der Waals surface area contributed by atoms with Crippen LogP contribution in [0.3, 0.4) is 0 Å². The zero-order chi connectivity index (χ0) is 18.0. The summed E-state index contributed by atoms with van der Waals surface area (Å²) in [4.78, 5) is 14.0. The first-order valence-electron chi connectivity index (χ1n) is 7.78. The standard InChI is InChI=1S/C15H18N4O5S/c1-2-24-14-13(17-25(23)18-14)16-11-5-3-4-10(12(11)21)15(22)19-7-6-9(20)8-19/h3-5,9,20-21H,2,6-8H2,1H3,(H,16,17)/t9-,25?/m0/s1. The highest BCUT2D eigenvalue weighted by atomic mass is 32.2. The van der Waals surface area contributed by atoms with Crippen molar-refractivity contribution in [3.63, 3.8) is 0 Å². The quantitative estimate of drug-likeness (QED) is 0.667. The minimum Gasteiger partial charge on any atom is -0.505 e. The number of nitrogens with zero attached hydrogens (tertiary/aromatic N) is 3. The van der Waals surface area contributed by atoms with Gasteiger partial charge < -0.3 is 25.2 Å². The Morgan fingerprint density at radius 1 is 1.48 bits per heavy atom. The fourth-order valence-corrected chi connectivity index (χ4v) is 3.20. The van der Waals surface area contributed by atoms with Gasteiger partial charge in [-0.15, -0.1) is 8.80 Å². The summed E-state index contributed by atoms with van der Waals surface area (Å²) in [5.74, 6) is -0.422. The number of hydrogen-bond acceptors (Lipinski definition) is 6. The summed E-state index contributed by atoms with van der Waals surface area (Å²) < 4.78 is 24.2. The number of amides is 1. The molecule has 2 atom stereocenters. The summed E-state index contributed by atoms with van der Waals surface area (Å²) in [6.07, 6.45) is -0.0264. The normalized spacial score (nSPS) is 22.6. The highest BCUT2D eigenvalue weighted by Gasteiger charge is 2.28. The molecular formula is C15H18N4O5S. The number of phenols is 1. The number of amidine groups is 1. The van der Waals surface area contributed by atoms with Gasteiger partial charge in [-0.05, 0) is 25.5 Å². The average molecular weight is 366 g/mol. The Kier molecular flexibility index (Phi) is 5.00. The van der Waals surface area contributed by atoms with Crippen LogP contribution >= 0.6 is 0 Å². The minimum absolute atomic E-state index is 0.0830. The summed E-state index contributed by atoms with van der Waals surface area (Å²) in [6.45, 7) is 2.74. The van der Waals surface area contributed by atoms with Gasteiger partial charge in [-0.2, -0.15) is 0 Å². The van der Waals surface area contributed by atoms with E-state index in [0.717, 1.165) is 0 Å². The Morgan fingerprint density at radius 3 is 2.96 bits per heavy atom. The SMILES string of the molecule is CCOC1=NS(=O)N=C1Nc1cccc(C(=O)N2CC[C@H](O)C2)c1O. The molecule has 1 saturated heterocycles. The molecule has 0 saturated carbocycles. The number of para-hydroxylation sites is 1. The van der Waals surface area contributed by atoms with E-state index in [1.165, 1.54) is 11.0 Å². The average Bonchev–Trinajstić information content (AvgIpc) is 3.15. The molecule has 2 heterocycles. The molecule has 0 spiro atoms. The molecule has 3 N–H and O–H groups in total. The molecule has 1 amide bonds. The second-order valence-corrected chi connectivity index (χ2v) is 6.35. The number of aliphatic hydroxyl groups excluding tert-OH is 1. The monoisotopic (exact) mass is 366 g/mol. The molecule has 1 unspecified atom stereocenters. The lowest BCUT2D eigenvalue weighted by atomic mass is 10.1. The van der Waals surface area contributed by atoms with Gasteiger partial charge in [0.05, 0.1) is 24.0 Å². The molecule has 1 aromatic rings. The smallest absolute Gasteiger partial charge is 0.271 e. The number of phenolic OH excluding ortho intramolecular Hbond substituents is 1. The lowest BCUT2D eigenvalue weighted by Crippen LogP contribution is -2.30. The van der Waals surface area contributed by atoms with Crippen molar-refractivity contribution in [2.45, 2.75) is 19.4 Å². The topological polar surface area (TPSA) is 124 Å². The summed E-state index contributed by atoms with van der Waals surface area (Å²) in [5, 5.41) is 22.8. The maximum atomic E-state index is 12.5. The predicted octanol–water partition coefficient (Wildman–Crippen LogP) is 0.437. The fraction of sp³-hybridized carbons (Fsp3) is 0.400. The molecule has 0 bridgehead atoms. The number of anilines is 1. The van der Waals surface area contributed by atoms with E-state index in [4.69, 9.17) is 4.74 Å². The van der Waals surface area contributed by atoms with E-state index in [-0.39, 0.29) is 41.2 Å². The van der Waals surface area contributed by atoms with E-state index < -0.39 is 17.3 Å². The van der Waals surface area contributed by atoms with Crippen LogP contribution in [0.2, 0.25) is 0 Å². The summed E-state index contributed by atoms with van der Waals surface area (Å²) in [5.41, 5.74) is 0.323. The number of rotatable bonds is 3. The molecule has 25 heavy (non-hydrogen) atoms. The summed E-state index contributed by atoms with van der Waals surface area (Å²) in [7, 11) is 0. The minimum atomic E-state index is -1.78. The predicted molar refractivity (Wildman–Crippen MR) is 92.9 cm³/mol. The molecule has 0 aliphatic carbocycles. The number of ether oxygens (including phenoxy) is 1. The highest BCUT2D eigenvalue weighted by molar-refractivity contribution is 7.83. The van der Waals surface area contributed by atoms with Gasteiger partial charge in [0, 0.05) is 13.1 Å².